The van der Waals surface area contributed by atoms with Crippen molar-refractivity contribution in [3.05, 3.63) is 52.8 Å². The molecule has 0 saturated heterocycles. The molecule has 0 bridgehead atoms. The maximum absolute atomic E-state index is 12.2. The van der Waals surface area contributed by atoms with Gasteiger partial charge in [0.1, 0.15) is 0 Å². The molecule has 5 nitrogen and oxygen atoms in total. The molecule has 1 aliphatic rings. The smallest absolute Gasteiger partial charge is 0.359 e. The van der Waals surface area contributed by atoms with E-state index in [0.29, 0.717) is 18.8 Å². The monoisotopic (exact) mass is 299 g/mol. The Morgan fingerprint density at radius 1 is 1.41 bits per heavy atom. The van der Waals surface area contributed by atoms with E-state index >= 15 is 0 Å². The van der Waals surface area contributed by atoms with E-state index in [2.05, 4.69) is 17.2 Å². The summed E-state index contributed by atoms with van der Waals surface area (Å²) < 4.78 is 7.05. The summed E-state index contributed by atoms with van der Waals surface area (Å²) >= 11 is 0. The van der Waals surface area contributed by atoms with Gasteiger partial charge in [-0.15, -0.1) is 0 Å². The Morgan fingerprint density at radius 3 is 2.91 bits per heavy atom. The molecule has 0 fully saturated rings. The zero-order chi connectivity index (χ0) is 15.5. The van der Waals surface area contributed by atoms with E-state index in [9.17, 15) is 4.79 Å². The Bertz CT molecular complexity index is 664. The summed E-state index contributed by atoms with van der Waals surface area (Å²) in [6.45, 7) is 2.79. The predicted octanol–water partition coefficient (Wildman–Crippen LogP) is 2.44. The summed E-state index contributed by atoms with van der Waals surface area (Å²) in [5.41, 5.74) is 9.72. The second-order valence-corrected chi connectivity index (χ2v) is 5.57. The molecule has 0 aliphatic heterocycles. The van der Waals surface area contributed by atoms with E-state index in [1.54, 1.807) is 6.92 Å². The number of ether oxygens (including phenoxy) is 1. The molecule has 0 saturated carbocycles. The van der Waals surface area contributed by atoms with Crippen molar-refractivity contribution < 1.29 is 9.53 Å². The highest BCUT2D eigenvalue weighted by Gasteiger charge is 2.30. The van der Waals surface area contributed by atoms with Crippen LogP contribution in [0, 0.1) is 0 Å². The van der Waals surface area contributed by atoms with Crippen LogP contribution in [0.25, 0.3) is 0 Å². The van der Waals surface area contributed by atoms with Crippen LogP contribution in [-0.4, -0.2) is 22.4 Å². The minimum atomic E-state index is -0.372. The van der Waals surface area contributed by atoms with Crippen LogP contribution in [0.1, 0.15) is 53.1 Å². The number of rotatable bonds is 4. The molecule has 1 unspecified atom stereocenters. The number of hydrogen-bond donors (Lipinski definition) is 1. The first-order valence-electron chi connectivity index (χ1n) is 7.77. The molecule has 2 aromatic rings. The lowest BCUT2D eigenvalue weighted by molar-refractivity contribution is 0.0516. The van der Waals surface area contributed by atoms with Crippen molar-refractivity contribution in [2.24, 2.45) is 5.73 Å². The van der Waals surface area contributed by atoms with E-state index in [1.807, 2.05) is 22.9 Å². The lowest BCUT2D eigenvalue weighted by atomic mass is 9.91. The fourth-order valence-electron chi connectivity index (χ4n) is 3.04. The number of carbonyl (C=O) groups is 1. The Balaban J connectivity index is 2.00. The maximum Gasteiger partial charge on any atom is 0.359 e. The van der Waals surface area contributed by atoms with Crippen molar-refractivity contribution in [1.82, 2.24) is 9.78 Å². The Kier molecular flexibility index (Phi) is 4.24. The Hall–Kier alpha value is -2.14. The molecule has 1 aliphatic carbocycles. The molecule has 1 aromatic carbocycles. The number of hydrogen-bond acceptors (Lipinski definition) is 4. The first-order chi connectivity index (χ1) is 10.7. The summed E-state index contributed by atoms with van der Waals surface area (Å²) in [4.78, 5) is 12.2. The first kappa shape index (κ1) is 14.8. The molecular weight excluding hydrogens is 278 g/mol. The summed E-state index contributed by atoms with van der Waals surface area (Å²) in [6, 6.07) is 9.98. The van der Waals surface area contributed by atoms with Crippen LogP contribution < -0.4 is 5.73 Å². The molecule has 116 valence electrons. The molecule has 1 aromatic heterocycles. The topological polar surface area (TPSA) is 70.1 Å². The van der Waals surface area contributed by atoms with Crippen LogP contribution >= 0.6 is 0 Å². The lowest BCUT2D eigenvalue weighted by Crippen LogP contribution is -2.20. The fraction of sp³-hybridized carbons (Fsp3) is 0.412. The summed E-state index contributed by atoms with van der Waals surface area (Å²) in [6.07, 6.45) is 2.82. The predicted molar refractivity (Wildman–Crippen MR) is 83.6 cm³/mol. The summed E-state index contributed by atoms with van der Waals surface area (Å²) in [7, 11) is 0. The van der Waals surface area contributed by atoms with Crippen LogP contribution in [-0.2, 0) is 17.7 Å². The fourth-order valence-corrected chi connectivity index (χ4v) is 3.04. The third-order valence-corrected chi connectivity index (χ3v) is 4.04. The highest BCUT2D eigenvalue weighted by atomic mass is 16.5. The first-order valence-corrected chi connectivity index (χ1v) is 7.77. The molecule has 0 spiro atoms. The third-order valence-electron chi connectivity index (χ3n) is 4.04. The number of fused-ring (bicyclic) bond motifs is 1. The van der Waals surface area contributed by atoms with Gasteiger partial charge in [-0.25, -0.2) is 4.79 Å². The highest BCUT2D eigenvalue weighted by Crippen LogP contribution is 2.31. The van der Waals surface area contributed by atoms with Crippen molar-refractivity contribution in [3.63, 3.8) is 0 Å². The molecule has 22 heavy (non-hydrogen) atoms. The van der Waals surface area contributed by atoms with Crippen LogP contribution in [0.2, 0.25) is 0 Å². The Labute approximate surface area is 130 Å². The molecule has 1 heterocycles. The van der Waals surface area contributed by atoms with Gasteiger partial charge in [-0.3, -0.25) is 4.68 Å². The van der Waals surface area contributed by atoms with Crippen molar-refractivity contribution in [2.75, 3.05) is 6.61 Å². The second kappa shape index (κ2) is 6.32. The molecule has 0 radical (unpaired) electrons. The summed E-state index contributed by atoms with van der Waals surface area (Å²) in [5.74, 6) is -0.372. The minimum absolute atomic E-state index is 0.132. The number of aromatic nitrogens is 2. The van der Waals surface area contributed by atoms with Gasteiger partial charge in [-0.1, -0.05) is 30.3 Å². The molecule has 0 amide bonds. The van der Waals surface area contributed by atoms with Crippen LogP contribution in [0.3, 0.4) is 0 Å². The van der Waals surface area contributed by atoms with E-state index in [-0.39, 0.29) is 12.0 Å². The average molecular weight is 299 g/mol. The quantitative estimate of drug-likeness (QED) is 0.880. The molecular formula is C17H21N3O2. The number of benzene rings is 1. The van der Waals surface area contributed by atoms with Crippen molar-refractivity contribution >= 4 is 5.97 Å². The van der Waals surface area contributed by atoms with Gasteiger partial charge in [0.15, 0.2) is 5.69 Å². The van der Waals surface area contributed by atoms with Crippen molar-refractivity contribution in [1.29, 1.82) is 0 Å². The van der Waals surface area contributed by atoms with Gasteiger partial charge in [0.25, 0.3) is 0 Å². The van der Waals surface area contributed by atoms with Gasteiger partial charge >= 0.3 is 5.97 Å². The maximum atomic E-state index is 12.2. The van der Waals surface area contributed by atoms with Crippen LogP contribution in [0.15, 0.2) is 30.3 Å². The SMILES string of the molecule is CCOC(=O)c1nn(Cc2ccccc2)c2c1C(N)CCC2. The van der Waals surface area contributed by atoms with Gasteiger partial charge in [0.05, 0.1) is 13.2 Å². The standard InChI is InChI=1S/C17H21N3O2/c1-2-22-17(21)16-15-13(18)9-6-10-14(15)20(19-16)11-12-7-4-3-5-8-12/h3-5,7-8,13H,2,6,9-11,18H2,1H3. The minimum Gasteiger partial charge on any atom is -0.461 e. The number of nitrogens with two attached hydrogens (primary N) is 1. The molecule has 2 N–H and O–H groups in total. The zero-order valence-electron chi connectivity index (χ0n) is 12.8. The Morgan fingerprint density at radius 2 is 2.18 bits per heavy atom. The largest absolute Gasteiger partial charge is 0.461 e. The third kappa shape index (κ3) is 2.76. The van der Waals surface area contributed by atoms with Crippen LogP contribution in [0.5, 0.6) is 0 Å². The molecule has 3 rings (SSSR count). The van der Waals surface area contributed by atoms with Gasteiger partial charge in [0, 0.05) is 17.3 Å². The van der Waals surface area contributed by atoms with Gasteiger partial charge in [-0.2, -0.15) is 5.10 Å². The highest BCUT2D eigenvalue weighted by molar-refractivity contribution is 5.89. The van der Waals surface area contributed by atoms with E-state index in [1.165, 1.54) is 0 Å². The lowest BCUT2D eigenvalue weighted by Gasteiger charge is -2.20. The van der Waals surface area contributed by atoms with E-state index < -0.39 is 0 Å². The van der Waals surface area contributed by atoms with Gasteiger partial charge in [-0.05, 0) is 31.7 Å². The van der Waals surface area contributed by atoms with E-state index in [0.717, 1.165) is 36.1 Å². The van der Waals surface area contributed by atoms with Crippen LogP contribution in [0.4, 0.5) is 0 Å². The normalized spacial score (nSPS) is 17.1. The van der Waals surface area contributed by atoms with Crippen molar-refractivity contribution in [3.8, 4) is 0 Å². The average Bonchev–Trinajstić information content (AvgIpc) is 2.89. The van der Waals surface area contributed by atoms with Crippen molar-refractivity contribution in [2.45, 2.75) is 38.8 Å². The van der Waals surface area contributed by atoms with Gasteiger partial charge in [0.2, 0.25) is 0 Å². The van der Waals surface area contributed by atoms with Gasteiger partial charge < -0.3 is 10.5 Å². The molecule has 1 atom stereocenters. The van der Waals surface area contributed by atoms with E-state index in [4.69, 9.17) is 10.5 Å². The zero-order valence-corrected chi connectivity index (χ0v) is 12.8. The number of esters is 1. The summed E-state index contributed by atoms with van der Waals surface area (Å²) in [5, 5.41) is 4.52. The second-order valence-electron chi connectivity index (χ2n) is 5.57. The number of nitrogens with zero attached hydrogens (tertiary/aromatic N) is 2. The number of carbonyl (C=O) groups excluding carboxylic acids is 1. The molecule has 5 heteroatoms.